The van der Waals surface area contributed by atoms with E-state index < -0.39 is 16.0 Å². The summed E-state index contributed by atoms with van der Waals surface area (Å²) in [4.78, 5) is 10.7. The molecule has 2 unspecified atom stereocenters. The lowest BCUT2D eigenvalue weighted by Crippen LogP contribution is -2.38. The molecule has 2 atom stereocenters. The van der Waals surface area contributed by atoms with Gasteiger partial charge in [-0.25, -0.2) is 17.9 Å². The Bertz CT molecular complexity index is 577. The van der Waals surface area contributed by atoms with Crippen molar-refractivity contribution >= 4 is 16.0 Å². The Balaban J connectivity index is 2.15. The van der Waals surface area contributed by atoms with E-state index in [-0.39, 0.29) is 22.8 Å². The molecule has 1 aromatic heterocycles. The first-order chi connectivity index (χ1) is 9.40. The average Bonchev–Trinajstić information content (AvgIpc) is 2.79. The summed E-state index contributed by atoms with van der Waals surface area (Å²) in [6.45, 7) is 2.03. The van der Waals surface area contributed by atoms with Crippen LogP contribution in [0.5, 0.6) is 0 Å². The maximum Gasteiger partial charge on any atom is 0.371 e. The predicted octanol–water partition coefficient (Wildman–Crippen LogP) is 2.22. The van der Waals surface area contributed by atoms with E-state index in [4.69, 9.17) is 9.52 Å². The number of rotatable bonds is 4. The van der Waals surface area contributed by atoms with Crippen molar-refractivity contribution < 1.29 is 22.7 Å². The Morgan fingerprint density at radius 2 is 2.00 bits per heavy atom. The highest BCUT2D eigenvalue weighted by atomic mass is 32.2. The van der Waals surface area contributed by atoms with Crippen LogP contribution in [0.25, 0.3) is 0 Å². The highest BCUT2D eigenvalue weighted by molar-refractivity contribution is 7.89. The fraction of sp³-hybridized carbons (Fsp3) is 0.615. The van der Waals surface area contributed by atoms with Gasteiger partial charge in [0.15, 0.2) is 0 Å². The van der Waals surface area contributed by atoms with Crippen molar-refractivity contribution in [2.24, 2.45) is 5.92 Å². The summed E-state index contributed by atoms with van der Waals surface area (Å²) in [5.41, 5.74) is 0. The summed E-state index contributed by atoms with van der Waals surface area (Å²) in [5, 5.41) is 8.41. The standard InChI is InChI=1S/C13H19NO5S/c1-9-5-3-2-4-6-10(9)14-20(17,18)12-8-7-11(19-12)13(15)16/h7-10,14H,2-6H2,1H3,(H,15,16). The van der Waals surface area contributed by atoms with Crippen LogP contribution in [0.1, 0.15) is 49.6 Å². The number of aromatic carboxylic acids is 1. The van der Waals surface area contributed by atoms with Crippen molar-refractivity contribution in [3.05, 3.63) is 17.9 Å². The fourth-order valence-corrected chi connectivity index (χ4v) is 3.82. The molecule has 112 valence electrons. The number of carbonyl (C=O) groups is 1. The minimum Gasteiger partial charge on any atom is -0.475 e. The smallest absolute Gasteiger partial charge is 0.371 e. The lowest BCUT2D eigenvalue weighted by Gasteiger charge is -2.21. The van der Waals surface area contributed by atoms with Gasteiger partial charge in [0, 0.05) is 6.04 Å². The molecule has 1 aliphatic carbocycles. The van der Waals surface area contributed by atoms with Crippen molar-refractivity contribution in [2.75, 3.05) is 0 Å². The molecule has 0 saturated heterocycles. The van der Waals surface area contributed by atoms with Crippen LogP contribution in [0.15, 0.2) is 21.6 Å². The van der Waals surface area contributed by atoms with Crippen LogP contribution >= 0.6 is 0 Å². The third-order valence-corrected chi connectivity index (χ3v) is 5.09. The molecule has 6 nitrogen and oxygen atoms in total. The molecule has 1 aromatic rings. The molecule has 20 heavy (non-hydrogen) atoms. The lowest BCUT2D eigenvalue weighted by atomic mass is 9.98. The molecule has 0 aliphatic heterocycles. The van der Waals surface area contributed by atoms with Crippen molar-refractivity contribution in [3.63, 3.8) is 0 Å². The highest BCUT2D eigenvalue weighted by Gasteiger charge is 2.28. The number of carboxylic acid groups (broad SMARTS) is 1. The van der Waals surface area contributed by atoms with Gasteiger partial charge in [0.1, 0.15) is 0 Å². The monoisotopic (exact) mass is 301 g/mol. The first-order valence-corrected chi connectivity index (χ1v) is 8.24. The van der Waals surface area contributed by atoms with Gasteiger partial charge in [-0.15, -0.1) is 0 Å². The second-order valence-corrected chi connectivity index (χ2v) is 6.91. The third kappa shape index (κ3) is 3.40. The van der Waals surface area contributed by atoms with Gasteiger partial charge < -0.3 is 9.52 Å². The zero-order chi connectivity index (χ0) is 14.8. The molecule has 2 N–H and O–H groups in total. The van der Waals surface area contributed by atoms with E-state index >= 15 is 0 Å². The first kappa shape index (κ1) is 15.1. The van der Waals surface area contributed by atoms with Crippen LogP contribution in [0.2, 0.25) is 0 Å². The number of sulfonamides is 1. The topological polar surface area (TPSA) is 96.6 Å². The summed E-state index contributed by atoms with van der Waals surface area (Å²) in [6, 6.07) is 2.20. The van der Waals surface area contributed by atoms with Gasteiger partial charge in [-0.05, 0) is 30.9 Å². The Labute approximate surface area is 118 Å². The zero-order valence-electron chi connectivity index (χ0n) is 11.3. The molecule has 0 spiro atoms. The SMILES string of the molecule is CC1CCCCCC1NS(=O)(=O)c1ccc(C(=O)O)o1. The number of furan rings is 1. The third-order valence-electron chi connectivity index (χ3n) is 3.72. The van der Waals surface area contributed by atoms with Gasteiger partial charge in [0.25, 0.3) is 10.0 Å². The molecule has 2 rings (SSSR count). The van der Waals surface area contributed by atoms with E-state index in [1.54, 1.807) is 0 Å². The molecule has 1 fully saturated rings. The van der Waals surface area contributed by atoms with Gasteiger partial charge in [0.2, 0.25) is 10.9 Å². The lowest BCUT2D eigenvalue weighted by molar-refractivity contribution is 0.0656. The second-order valence-electron chi connectivity index (χ2n) is 5.27. The van der Waals surface area contributed by atoms with Crippen LogP contribution in [-0.4, -0.2) is 25.5 Å². The van der Waals surface area contributed by atoms with E-state index in [9.17, 15) is 13.2 Å². The summed E-state index contributed by atoms with van der Waals surface area (Å²) in [5.74, 6) is -1.39. The Hall–Kier alpha value is -1.34. The molecule has 7 heteroatoms. The second kappa shape index (κ2) is 5.97. The van der Waals surface area contributed by atoms with Crippen LogP contribution in [0.4, 0.5) is 0 Å². The Morgan fingerprint density at radius 3 is 2.65 bits per heavy atom. The van der Waals surface area contributed by atoms with Crippen LogP contribution in [0.3, 0.4) is 0 Å². The van der Waals surface area contributed by atoms with Crippen LogP contribution in [-0.2, 0) is 10.0 Å². The van der Waals surface area contributed by atoms with Crippen LogP contribution in [0, 0.1) is 5.92 Å². The molecule has 0 amide bonds. The van der Waals surface area contributed by atoms with Gasteiger partial charge in [-0.2, -0.15) is 0 Å². The quantitative estimate of drug-likeness (QED) is 0.831. The summed E-state index contributed by atoms with van der Waals surface area (Å²) in [6.07, 6.45) is 5.02. The fourth-order valence-electron chi connectivity index (χ4n) is 2.51. The Kier molecular flexibility index (Phi) is 4.49. The first-order valence-electron chi connectivity index (χ1n) is 6.75. The summed E-state index contributed by atoms with van der Waals surface area (Å²) >= 11 is 0. The molecule has 1 heterocycles. The predicted molar refractivity (Wildman–Crippen MR) is 72.0 cm³/mol. The number of carboxylic acids is 1. The van der Waals surface area contributed by atoms with Gasteiger partial charge in [0.05, 0.1) is 0 Å². The van der Waals surface area contributed by atoms with Crippen molar-refractivity contribution in [1.29, 1.82) is 0 Å². The van der Waals surface area contributed by atoms with Crippen LogP contribution < -0.4 is 4.72 Å². The minimum absolute atomic E-state index is 0.124. The molecule has 1 aliphatic rings. The normalized spacial score (nSPS) is 24.2. The zero-order valence-corrected chi connectivity index (χ0v) is 12.1. The van der Waals surface area contributed by atoms with E-state index in [0.717, 1.165) is 38.2 Å². The molecular weight excluding hydrogens is 282 g/mol. The van der Waals surface area contributed by atoms with E-state index in [1.165, 1.54) is 6.07 Å². The average molecular weight is 301 g/mol. The number of nitrogens with one attached hydrogen (secondary N) is 1. The largest absolute Gasteiger partial charge is 0.475 e. The van der Waals surface area contributed by atoms with E-state index in [0.29, 0.717) is 0 Å². The summed E-state index contributed by atoms with van der Waals surface area (Å²) < 4.78 is 31.9. The van der Waals surface area contributed by atoms with E-state index in [2.05, 4.69) is 4.72 Å². The molecule has 0 bridgehead atoms. The molecule has 0 aromatic carbocycles. The summed E-state index contributed by atoms with van der Waals surface area (Å²) in [7, 11) is -3.80. The van der Waals surface area contributed by atoms with Crippen molar-refractivity contribution in [1.82, 2.24) is 4.72 Å². The van der Waals surface area contributed by atoms with Gasteiger partial charge >= 0.3 is 5.97 Å². The van der Waals surface area contributed by atoms with Crippen molar-refractivity contribution in [2.45, 2.75) is 50.2 Å². The van der Waals surface area contributed by atoms with E-state index in [1.807, 2.05) is 6.92 Å². The number of hydrogen-bond acceptors (Lipinski definition) is 4. The molecule has 1 saturated carbocycles. The minimum atomic E-state index is -3.80. The van der Waals surface area contributed by atoms with Gasteiger partial charge in [-0.1, -0.05) is 26.2 Å². The Morgan fingerprint density at radius 1 is 1.30 bits per heavy atom. The molecular formula is C13H19NO5S. The highest BCUT2D eigenvalue weighted by Crippen LogP contribution is 2.25. The van der Waals surface area contributed by atoms with Crippen molar-refractivity contribution in [3.8, 4) is 0 Å². The maximum atomic E-state index is 12.2. The number of hydrogen-bond donors (Lipinski definition) is 2. The van der Waals surface area contributed by atoms with Gasteiger partial charge in [-0.3, -0.25) is 0 Å². The molecule has 0 radical (unpaired) electrons. The maximum absolute atomic E-state index is 12.2.